The number of fused-ring (bicyclic) bond motifs is 1. The number of ether oxygens (including phenoxy) is 1. The molecule has 1 aromatic heterocycles. The van der Waals surface area contributed by atoms with E-state index in [0.29, 0.717) is 11.4 Å². The molecule has 0 aliphatic heterocycles. The van der Waals surface area contributed by atoms with Crippen LogP contribution in [0.15, 0.2) is 72.8 Å². The van der Waals surface area contributed by atoms with Gasteiger partial charge >= 0.3 is 6.18 Å². The van der Waals surface area contributed by atoms with Crippen molar-refractivity contribution in [3.05, 3.63) is 84.2 Å². The normalized spacial score (nSPS) is 11.5. The van der Waals surface area contributed by atoms with Gasteiger partial charge in [0, 0.05) is 17.4 Å². The highest BCUT2D eigenvalue weighted by atomic mass is 19.4. The summed E-state index contributed by atoms with van der Waals surface area (Å²) in [4.78, 5) is 16.0. The zero-order chi connectivity index (χ0) is 22.0. The van der Waals surface area contributed by atoms with Gasteiger partial charge in [-0.1, -0.05) is 30.3 Å². The van der Waals surface area contributed by atoms with Gasteiger partial charge in [-0.2, -0.15) is 13.2 Å². The molecule has 0 saturated carbocycles. The standard InChI is InChI=1S/C23H18F3N3O2/c1-31-18-11-12-19-20(14-18)29(22(28-19)23(24,25)26)17-9-7-16(8-10-17)27-21(30)13-15-5-3-2-4-6-15/h2-12,14H,13H2,1H3,(H,27,30). The van der Waals surface area contributed by atoms with E-state index in [4.69, 9.17) is 4.74 Å². The average molecular weight is 425 g/mol. The van der Waals surface area contributed by atoms with E-state index in [2.05, 4.69) is 10.3 Å². The van der Waals surface area contributed by atoms with Crippen LogP contribution in [0.2, 0.25) is 0 Å². The zero-order valence-corrected chi connectivity index (χ0v) is 16.5. The lowest BCUT2D eigenvalue weighted by atomic mass is 10.1. The van der Waals surface area contributed by atoms with Gasteiger partial charge in [0.1, 0.15) is 5.75 Å². The predicted octanol–water partition coefficient (Wildman–Crippen LogP) is 5.23. The van der Waals surface area contributed by atoms with E-state index in [1.807, 2.05) is 30.3 Å². The fourth-order valence-electron chi connectivity index (χ4n) is 3.31. The minimum Gasteiger partial charge on any atom is -0.497 e. The Kier molecular flexibility index (Phi) is 5.37. The third kappa shape index (κ3) is 4.37. The fourth-order valence-corrected chi connectivity index (χ4v) is 3.31. The van der Waals surface area contributed by atoms with Gasteiger partial charge in [-0.15, -0.1) is 0 Å². The van der Waals surface area contributed by atoms with Gasteiger partial charge in [-0.05, 0) is 42.0 Å². The van der Waals surface area contributed by atoms with E-state index in [-0.39, 0.29) is 29.0 Å². The van der Waals surface area contributed by atoms with E-state index in [0.717, 1.165) is 10.1 Å². The quantitative estimate of drug-likeness (QED) is 0.476. The van der Waals surface area contributed by atoms with Crippen molar-refractivity contribution >= 4 is 22.6 Å². The minimum atomic E-state index is -4.64. The van der Waals surface area contributed by atoms with E-state index in [1.54, 1.807) is 18.2 Å². The van der Waals surface area contributed by atoms with Crippen molar-refractivity contribution in [2.75, 3.05) is 12.4 Å². The van der Waals surface area contributed by atoms with Crippen LogP contribution in [0.1, 0.15) is 11.4 Å². The summed E-state index contributed by atoms with van der Waals surface area (Å²) in [6.45, 7) is 0. The summed E-state index contributed by atoms with van der Waals surface area (Å²) in [6.07, 6.45) is -4.44. The van der Waals surface area contributed by atoms with Crippen molar-refractivity contribution in [3.63, 3.8) is 0 Å². The number of carbonyl (C=O) groups is 1. The molecule has 4 rings (SSSR count). The second kappa shape index (κ2) is 8.14. The summed E-state index contributed by atoms with van der Waals surface area (Å²) in [5, 5.41) is 2.76. The average Bonchev–Trinajstić information content (AvgIpc) is 3.14. The van der Waals surface area contributed by atoms with Gasteiger partial charge < -0.3 is 10.1 Å². The Morgan fingerprint density at radius 1 is 1.03 bits per heavy atom. The van der Waals surface area contributed by atoms with Crippen LogP contribution < -0.4 is 10.1 Å². The minimum absolute atomic E-state index is 0.201. The first-order valence-corrected chi connectivity index (χ1v) is 9.43. The molecule has 1 amide bonds. The SMILES string of the molecule is COc1ccc2nc(C(F)(F)F)n(-c3ccc(NC(=O)Cc4ccccc4)cc3)c2c1. The monoisotopic (exact) mass is 425 g/mol. The number of halogens is 3. The maximum Gasteiger partial charge on any atom is 0.450 e. The molecule has 3 aromatic carbocycles. The Labute approximate surface area is 176 Å². The van der Waals surface area contributed by atoms with E-state index < -0.39 is 12.0 Å². The number of anilines is 1. The number of alkyl halides is 3. The number of amides is 1. The summed E-state index contributed by atoms with van der Waals surface area (Å²) in [7, 11) is 1.44. The molecule has 0 saturated heterocycles. The van der Waals surface area contributed by atoms with Crippen molar-refractivity contribution in [3.8, 4) is 11.4 Å². The molecule has 0 aliphatic rings. The summed E-state index contributed by atoms with van der Waals surface area (Å²) in [5.41, 5.74) is 2.09. The number of rotatable bonds is 5. The molecule has 5 nitrogen and oxygen atoms in total. The molecule has 0 aliphatic carbocycles. The highest BCUT2D eigenvalue weighted by Crippen LogP contribution is 2.35. The molecule has 0 unspecified atom stereocenters. The number of nitrogens with zero attached hydrogens (tertiary/aromatic N) is 2. The lowest BCUT2D eigenvalue weighted by Gasteiger charge is -2.13. The van der Waals surface area contributed by atoms with Crippen LogP contribution in [-0.4, -0.2) is 22.6 Å². The molecular weight excluding hydrogens is 407 g/mol. The molecule has 4 aromatic rings. The number of benzene rings is 3. The van der Waals surface area contributed by atoms with Crippen LogP contribution in [0.4, 0.5) is 18.9 Å². The van der Waals surface area contributed by atoms with Crippen molar-refractivity contribution < 1.29 is 22.7 Å². The van der Waals surface area contributed by atoms with Gasteiger partial charge in [0.2, 0.25) is 11.7 Å². The Hall–Kier alpha value is -3.81. The lowest BCUT2D eigenvalue weighted by molar-refractivity contribution is -0.145. The lowest BCUT2D eigenvalue weighted by Crippen LogP contribution is -2.15. The highest BCUT2D eigenvalue weighted by Gasteiger charge is 2.38. The summed E-state index contributed by atoms with van der Waals surface area (Å²) in [5.74, 6) is -0.823. The van der Waals surface area contributed by atoms with Crippen molar-refractivity contribution in [2.24, 2.45) is 0 Å². The van der Waals surface area contributed by atoms with Crippen molar-refractivity contribution in [1.29, 1.82) is 0 Å². The van der Waals surface area contributed by atoms with Crippen molar-refractivity contribution in [2.45, 2.75) is 12.6 Å². The number of carbonyl (C=O) groups excluding carboxylic acids is 1. The molecule has 0 fully saturated rings. The van der Waals surface area contributed by atoms with Crippen LogP contribution in [0.25, 0.3) is 16.7 Å². The first-order chi connectivity index (χ1) is 14.8. The van der Waals surface area contributed by atoms with Gasteiger partial charge in [-0.3, -0.25) is 9.36 Å². The summed E-state index contributed by atoms with van der Waals surface area (Å²) >= 11 is 0. The number of hydrogen-bond acceptors (Lipinski definition) is 3. The predicted molar refractivity (Wildman–Crippen MR) is 111 cm³/mol. The third-order valence-electron chi connectivity index (χ3n) is 4.73. The van der Waals surface area contributed by atoms with Crippen LogP contribution in [0.5, 0.6) is 5.75 Å². The second-order valence-corrected chi connectivity index (χ2v) is 6.88. The van der Waals surface area contributed by atoms with Gasteiger partial charge in [0.15, 0.2) is 0 Å². The fraction of sp³-hybridized carbons (Fsp3) is 0.130. The maximum atomic E-state index is 13.6. The molecule has 158 valence electrons. The molecule has 0 spiro atoms. The highest BCUT2D eigenvalue weighted by molar-refractivity contribution is 5.92. The molecular formula is C23H18F3N3O2. The Morgan fingerprint density at radius 3 is 2.39 bits per heavy atom. The summed E-state index contributed by atoms with van der Waals surface area (Å²) in [6, 6.07) is 19.9. The van der Waals surface area contributed by atoms with Gasteiger partial charge in [0.25, 0.3) is 0 Å². The topological polar surface area (TPSA) is 56.1 Å². The second-order valence-electron chi connectivity index (χ2n) is 6.88. The number of hydrogen-bond donors (Lipinski definition) is 1. The van der Waals surface area contributed by atoms with Crippen LogP contribution >= 0.6 is 0 Å². The molecule has 1 heterocycles. The van der Waals surface area contributed by atoms with Gasteiger partial charge in [-0.25, -0.2) is 4.98 Å². The molecule has 0 radical (unpaired) electrons. The van der Waals surface area contributed by atoms with Crippen LogP contribution in [0.3, 0.4) is 0 Å². The van der Waals surface area contributed by atoms with Crippen LogP contribution in [-0.2, 0) is 17.4 Å². The number of methoxy groups -OCH3 is 1. The van der Waals surface area contributed by atoms with E-state index in [9.17, 15) is 18.0 Å². The molecule has 0 atom stereocenters. The van der Waals surface area contributed by atoms with Gasteiger partial charge in [0.05, 0.1) is 24.6 Å². The van der Waals surface area contributed by atoms with Crippen molar-refractivity contribution in [1.82, 2.24) is 9.55 Å². The largest absolute Gasteiger partial charge is 0.497 e. The molecule has 8 heteroatoms. The number of aromatic nitrogens is 2. The Morgan fingerprint density at radius 2 is 1.74 bits per heavy atom. The summed E-state index contributed by atoms with van der Waals surface area (Å²) < 4.78 is 47.1. The molecule has 1 N–H and O–H groups in total. The Bertz CT molecular complexity index is 1220. The first-order valence-electron chi connectivity index (χ1n) is 9.43. The smallest absolute Gasteiger partial charge is 0.450 e. The zero-order valence-electron chi connectivity index (χ0n) is 16.5. The van der Waals surface area contributed by atoms with Crippen LogP contribution in [0, 0.1) is 0 Å². The first kappa shape index (κ1) is 20.5. The Balaban J connectivity index is 1.64. The third-order valence-corrected chi connectivity index (χ3v) is 4.73. The number of imidazole rings is 1. The number of nitrogens with one attached hydrogen (secondary N) is 1. The molecule has 31 heavy (non-hydrogen) atoms. The molecule has 0 bridgehead atoms. The maximum absolute atomic E-state index is 13.6. The van der Waals surface area contributed by atoms with E-state index >= 15 is 0 Å². The van der Waals surface area contributed by atoms with E-state index in [1.165, 1.54) is 31.4 Å².